The molecule has 2 N–H and O–H groups in total. The molecule has 0 amide bonds. The first kappa shape index (κ1) is 12.1. The molecule has 90 valence electrons. The summed E-state index contributed by atoms with van der Waals surface area (Å²) in [5.41, 5.74) is 1.88. The van der Waals surface area contributed by atoms with E-state index in [0.717, 1.165) is 29.2 Å². The van der Waals surface area contributed by atoms with Gasteiger partial charge in [-0.2, -0.15) is 15.4 Å². The predicted octanol–water partition coefficient (Wildman–Crippen LogP) is 2.55. The third-order valence-electron chi connectivity index (χ3n) is 2.54. The molecule has 1 heterocycles. The molecule has 0 radical (unpaired) electrons. The van der Waals surface area contributed by atoms with E-state index in [1.165, 1.54) is 0 Å². The number of halogens is 1. The number of H-pyrrole nitrogens is 1. The Bertz CT molecular complexity index is 455. The minimum atomic E-state index is -0.0117. The van der Waals surface area contributed by atoms with E-state index in [4.69, 9.17) is 11.6 Å². The Morgan fingerprint density at radius 3 is 2.88 bits per heavy atom. The summed E-state index contributed by atoms with van der Waals surface area (Å²) in [6, 6.07) is 7.78. The SMILES string of the molecule is CCCNC(c1cn[nH]n1)c1ccccc1Cl. The van der Waals surface area contributed by atoms with Crippen molar-refractivity contribution in [1.82, 2.24) is 20.7 Å². The van der Waals surface area contributed by atoms with Crippen molar-refractivity contribution in [3.63, 3.8) is 0 Å². The van der Waals surface area contributed by atoms with Gasteiger partial charge in [0.25, 0.3) is 0 Å². The molecule has 0 aliphatic heterocycles. The third-order valence-corrected chi connectivity index (χ3v) is 2.89. The van der Waals surface area contributed by atoms with Crippen molar-refractivity contribution in [2.24, 2.45) is 0 Å². The van der Waals surface area contributed by atoms with Crippen LogP contribution in [0.3, 0.4) is 0 Å². The molecule has 1 aromatic heterocycles. The molecule has 2 aromatic rings. The van der Waals surface area contributed by atoms with Gasteiger partial charge in [0.15, 0.2) is 0 Å². The van der Waals surface area contributed by atoms with Gasteiger partial charge in [0.05, 0.1) is 12.2 Å². The number of aromatic amines is 1. The molecule has 1 unspecified atom stereocenters. The van der Waals surface area contributed by atoms with Crippen LogP contribution in [0.15, 0.2) is 30.5 Å². The topological polar surface area (TPSA) is 53.6 Å². The highest BCUT2D eigenvalue weighted by molar-refractivity contribution is 6.31. The average molecular weight is 251 g/mol. The third kappa shape index (κ3) is 2.84. The van der Waals surface area contributed by atoms with Crippen LogP contribution in [0.5, 0.6) is 0 Å². The second kappa shape index (κ2) is 5.80. The van der Waals surface area contributed by atoms with E-state index in [-0.39, 0.29) is 6.04 Å². The maximum atomic E-state index is 6.22. The number of nitrogens with zero attached hydrogens (tertiary/aromatic N) is 2. The number of benzene rings is 1. The Morgan fingerprint density at radius 1 is 1.41 bits per heavy atom. The summed E-state index contributed by atoms with van der Waals surface area (Å²) in [6.07, 6.45) is 2.77. The van der Waals surface area contributed by atoms with Crippen molar-refractivity contribution in [2.75, 3.05) is 6.54 Å². The van der Waals surface area contributed by atoms with E-state index < -0.39 is 0 Å². The first-order chi connectivity index (χ1) is 8.33. The summed E-state index contributed by atoms with van der Waals surface area (Å²) < 4.78 is 0. The smallest absolute Gasteiger partial charge is 0.104 e. The van der Waals surface area contributed by atoms with Crippen molar-refractivity contribution in [3.05, 3.63) is 46.7 Å². The zero-order chi connectivity index (χ0) is 12.1. The summed E-state index contributed by atoms with van der Waals surface area (Å²) in [6.45, 7) is 3.03. The van der Waals surface area contributed by atoms with E-state index in [2.05, 4.69) is 27.7 Å². The van der Waals surface area contributed by atoms with Crippen LogP contribution < -0.4 is 5.32 Å². The van der Waals surface area contributed by atoms with Crippen LogP contribution in [-0.4, -0.2) is 22.0 Å². The highest BCUT2D eigenvalue weighted by Crippen LogP contribution is 2.26. The van der Waals surface area contributed by atoms with Gasteiger partial charge in [-0.15, -0.1) is 0 Å². The first-order valence-corrected chi connectivity index (χ1v) is 6.04. The molecule has 17 heavy (non-hydrogen) atoms. The fraction of sp³-hybridized carbons (Fsp3) is 0.333. The van der Waals surface area contributed by atoms with Gasteiger partial charge in [-0.05, 0) is 24.6 Å². The standard InChI is InChI=1S/C12H15ClN4/c1-2-7-14-12(11-8-15-17-16-11)9-5-3-4-6-10(9)13/h3-6,8,12,14H,2,7H2,1H3,(H,15,16,17). The predicted molar refractivity (Wildman–Crippen MR) is 68.0 cm³/mol. The lowest BCUT2D eigenvalue weighted by Crippen LogP contribution is -2.23. The number of rotatable bonds is 5. The lowest BCUT2D eigenvalue weighted by molar-refractivity contribution is 0.585. The van der Waals surface area contributed by atoms with Gasteiger partial charge in [-0.3, -0.25) is 0 Å². The molecule has 0 fully saturated rings. The molecule has 0 aliphatic carbocycles. The van der Waals surface area contributed by atoms with Gasteiger partial charge >= 0.3 is 0 Å². The van der Waals surface area contributed by atoms with Crippen LogP contribution in [0, 0.1) is 0 Å². The van der Waals surface area contributed by atoms with Crippen molar-refractivity contribution < 1.29 is 0 Å². The van der Waals surface area contributed by atoms with Crippen molar-refractivity contribution >= 4 is 11.6 Å². The van der Waals surface area contributed by atoms with Gasteiger partial charge < -0.3 is 5.32 Å². The van der Waals surface area contributed by atoms with Crippen molar-refractivity contribution in [3.8, 4) is 0 Å². The fourth-order valence-electron chi connectivity index (χ4n) is 1.72. The van der Waals surface area contributed by atoms with Crippen LogP contribution in [0.4, 0.5) is 0 Å². The maximum absolute atomic E-state index is 6.22. The van der Waals surface area contributed by atoms with Crippen LogP contribution in [0.1, 0.15) is 30.6 Å². The maximum Gasteiger partial charge on any atom is 0.104 e. The second-order valence-electron chi connectivity index (χ2n) is 3.80. The first-order valence-electron chi connectivity index (χ1n) is 5.66. The number of nitrogens with one attached hydrogen (secondary N) is 2. The van der Waals surface area contributed by atoms with E-state index in [0.29, 0.717) is 0 Å². The largest absolute Gasteiger partial charge is 0.305 e. The van der Waals surface area contributed by atoms with Gasteiger partial charge in [0.2, 0.25) is 0 Å². The molecule has 0 bridgehead atoms. The van der Waals surface area contributed by atoms with Crippen LogP contribution in [0.25, 0.3) is 0 Å². The molecule has 2 rings (SSSR count). The molecular weight excluding hydrogens is 236 g/mol. The zero-order valence-electron chi connectivity index (χ0n) is 9.65. The molecule has 5 heteroatoms. The van der Waals surface area contributed by atoms with Crippen molar-refractivity contribution in [1.29, 1.82) is 0 Å². The van der Waals surface area contributed by atoms with E-state index in [9.17, 15) is 0 Å². The Labute approximate surface area is 105 Å². The van der Waals surface area contributed by atoms with E-state index >= 15 is 0 Å². The molecular formula is C12H15ClN4. The fourth-order valence-corrected chi connectivity index (χ4v) is 1.97. The lowest BCUT2D eigenvalue weighted by atomic mass is 10.0. The van der Waals surface area contributed by atoms with E-state index in [1.807, 2.05) is 24.3 Å². The lowest BCUT2D eigenvalue weighted by Gasteiger charge is -2.17. The summed E-state index contributed by atoms with van der Waals surface area (Å²) >= 11 is 6.22. The highest BCUT2D eigenvalue weighted by atomic mass is 35.5. The Hall–Kier alpha value is -1.39. The molecule has 4 nitrogen and oxygen atoms in total. The zero-order valence-corrected chi connectivity index (χ0v) is 10.4. The Balaban J connectivity index is 2.30. The second-order valence-corrected chi connectivity index (χ2v) is 4.21. The molecule has 1 atom stereocenters. The molecule has 0 saturated carbocycles. The Kier molecular flexibility index (Phi) is 4.12. The minimum absolute atomic E-state index is 0.0117. The molecule has 0 saturated heterocycles. The van der Waals surface area contributed by atoms with Gasteiger partial charge in [-0.1, -0.05) is 36.7 Å². The minimum Gasteiger partial charge on any atom is -0.305 e. The molecule has 0 spiro atoms. The quantitative estimate of drug-likeness (QED) is 0.858. The average Bonchev–Trinajstić information content (AvgIpc) is 2.85. The van der Waals surface area contributed by atoms with Crippen LogP contribution in [-0.2, 0) is 0 Å². The highest BCUT2D eigenvalue weighted by Gasteiger charge is 2.18. The molecule has 0 aliphatic rings. The summed E-state index contributed by atoms with van der Waals surface area (Å²) in [5, 5.41) is 14.8. The van der Waals surface area contributed by atoms with E-state index in [1.54, 1.807) is 6.20 Å². The molecule has 1 aromatic carbocycles. The van der Waals surface area contributed by atoms with Gasteiger partial charge in [0.1, 0.15) is 5.69 Å². The Morgan fingerprint density at radius 2 is 2.24 bits per heavy atom. The van der Waals surface area contributed by atoms with Crippen LogP contribution >= 0.6 is 11.6 Å². The van der Waals surface area contributed by atoms with Gasteiger partial charge in [0, 0.05) is 5.02 Å². The summed E-state index contributed by atoms with van der Waals surface area (Å²) in [7, 11) is 0. The monoisotopic (exact) mass is 250 g/mol. The number of hydrogen-bond acceptors (Lipinski definition) is 3. The van der Waals surface area contributed by atoms with Crippen molar-refractivity contribution in [2.45, 2.75) is 19.4 Å². The van der Waals surface area contributed by atoms with Crippen LogP contribution in [0.2, 0.25) is 5.02 Å². The summed E-state index contributed by atoms with van der Waals surface area (Å²) in [4.78, 5) is 0. The normalized spacial score (nSPS) is 12.6. The number of aromatic nitrogens is 3. The number of hydrogen-bond donors (Lipinski definition) is 2. The summed E-state index contributed by atoms with van der Waals surface area (Å²) in [5.74, 6) is 0. The van der Waals surface area contributed by atoms with Gasteiger partial charge in [-0.25, -0.2) is 0 Å².